The molecule has 0 bridgehead atoms. The monoisotopic (exact) mass is 164 g/mol. The number of ether oxygens (including phenoxy) is 1. The highest BCUT2D eigenvalue weighted by Crippen LogP contribution is 2.19. The smallest absolute Gasteiger partial charge is 0.244 e. The molecule has 0 unspecified atom stereocenters. The number of aromatic nitrogens is 4. The number of fused-ring (bicyclic) bond motifs is 1. The van der Waals surface area contributed by atoms with Crippen molar-refractivity contribution in [3.8, 4) is 5.88 Å². The lowest BCUT2D eigenvalue weighted by molar-refractivity contribution is 0.398. The summed E-state index contributed by atoms with van der Waals surface area (Å²) < 4.78 is 6.74. The van der Waals surface area contributed by atoms with Crippen molar-refractivity contribution in [3.63, 3.8) is 0 Å². The summed E-state index contributed by atoms with van der Waals surface area (Å²) in [5.41, 5.74) is 0.918. The lowest BCUT2D eigenvalue weighted by Crippen LogP contribution is -1.93. The Bertz CT molecular complexity index is 409. The predicted octanol–water partition coefficient (Wildman–Crippen LogP) is 0.372. The van der Waals surface area contributed by atoms with E-state index in [0.717, 1.165) is 10.9 Å². The van der Waals surface area contributed by atoms with Crippen molar-refractivity contribution in [2.24, 2.45) is 7.05 Å². The summed E-state index contributed by atoms with van der Waals surface area (Å²) in [7, 11) is 3.42. The summed E-state index contributed by atoms with van der Waals surface area (Å²) in [5, 5.41) is 12.5. The Balaban J connectivity index is 2.81. The minimum atomic E-state index is 0.514. The molecule has 0 N–H and O–H groups in total. The van der Waals surface area contributed by atoms with Gasteiger partial charge in [0.05, 0.1) is 30.4 Å². The molecule has 0 aliphatic carbocycles. The zero-order valence-corrected chi connectivity index (χ0v) is 6.85. The van der Waals surface area contributed by atoms with Crippen LogP contribution in [0.3, 0.4) is 0 Å². The van der Waals surface area contributed by atoms with Crippen LogP contribution in [-0.2, 0) is 7.05 Å². The molecular weight excluding hydrogens is 156 g/mol. The molecule has 2 heterocycles. The first-order chi connectivity index (χ1) is 5.83. The molecule has 0 saturated heterocycles. The van der Waals surface area contributed by atoms with E-state index in [1.807, 2.05) is 7.05 Å². The van der Waals surface area contributed by atoms with Crippen LogP contribution < -0.4 is 4.74 Å². The Morgan fingerprint density at radius 2 is 2.25 bits per heavy atom. The molecule has 0 aromatic carbocycles. The second-order valence-electron chi connectivity index (χ2n) is 2.42. The van der Waals surface area contributed by atoms with Gasteiger partial charge in [-0.2, -0.15) is 10.2 Å². The fourth-order valence-electron chi connectivity index (χ4n) is 1.11. The molecule has 0 saturated carbocycles. The van der Waals surface area contributed by atoms with Gasteiger partial charge in [-0.05, 0) is 0 Å². The molecule has 0 fully saturated rings. The minimum Gasteiger partial charge on any atom is -0.479 e. The normalized spacial score (nSPS) is 10.5. The van der Waals surface area contributed by atoms with E-state index in [2.05, 4.69) is 15.3 Å². The number of methoxy groups -OCH3 is 1. The van der Waals surface area contributed by atoms with Gasteiger partial charge in [0.25, 0.3) is 0 Å². The Labute approximate surface area is 69.0 Å². The van der Waals surface area contributed by atoms with Gasteiger partial charge < -0.3 is 4.74 Å². The highest BCUT2D eigenvalue weighted by Gasteiger charge is 2.05. The van der Waals surface area contributed by atoms with E-state index >= 15 is 0 Å². The maximum Gasteiger partial charge on any atom is 0.244 e. The number of hydrogen-bond acceptors (Lipinski definition) is 4. The van der Waals surface area contributed by atoms with Crippen LogP contribution in [0.1, 0.15) is 0 Å². The summed E-state index contributed by atoms with van der Waals surface area (Å²) >= 11 is 0. The molecule has 0 amide bonds. The fourth-order valence-corrected chi connectivity index (χ4v) is 1.11. The summed E-state index contributed by atoms with van der Waals surface area (Å²) in [6, 6.07) is 0. The Kier molecular flexibility index (Phi) is 1.43. The van der Waals surface area contributed by atoms with Gasteiger partial charge in [-0.25, -0.2) is 0 Å². The highest BCUT2D eigenvalue weighted by atomic mass is 16.5. The van der Waals surface area contributed by atoms with Crippen molar-refractivity contribution in [2.45, 2.75) is 0 Å². The first-order valence-corrected chi connectivity index (χ1v) is 3.50. The van der Waals surface area contributed by atoms with Crippen molar-refractivity contribution < 1.29 is 4.74 Å². The van der Waals surface area contributed by atoms with Crippen LogP contribution in [0.2, 0.25) is 0 Å². The molecule has 12 heavy (non-hydrogen) atoms. The van der Waals surface area contributed by atoms with Gasteiger partial charge in [0.1, 0.15) is 0 Å². The summed E-state index contributed by atoms with van der Waals surface area (Å²) in [5.74, 6) is 0.514. The Morgan fingerprint density at radius 3 is 3.00 bits per heavy atom. The van der Waals surface area contributed by atoms with Gasteiger partial charge in [0.15, 0.2) is 0 Å². The standard InChI is InChI=1S/C7H8N4O/c1-11-6-4-8-10-7(12-2)5(6)3-9-11/h3-4H,1-2H3. The van der Waals surface area contributed by atoms with Gasteiger partial charge in [-0.1, -0.05) is 0 Å². The molecule has 62 valence electrons. The maximum atomic E-state index is 5.01. The second kappa shape index (κ2) is 2.44. The Hall–Kier alpha value is -1.65. The van der Waals surface area contributed by atoms with Crippen molar-refractivity contribution in [2.75, 3.05) is 7.11 Å². The molecule has 0 aliphatic heterocycles. The summed E-state index contributed by atoms with van der Waals surface area (Å²) in [4.78, 5) is 0. The molecule has 5 nitrogen and oxygen atoms in total. The van der Waals surface area contributed by atoms with Gasteiger partial charge in [-0.15, -0.1) is 5.10 Å². The Morgan fingerprint density at radius 1 is 1.42 bits per heavy atom. The van der Waals surface area contributed by atoms with Crippen molar-refractivity contribution in [1.29, 1.82) is 0 Å². The highest BCUT2D eigenvalue weighted by molar-refractivity contribution is 5.82. The van der Waals surface area contributed by atoms with E-state index < -0.39 is 0 Å². The van der Waals surface area contributed by atoms with Crippen LogP contribution in [0, 0.1) is 0 Å². The van der Waals surface area contributed by atoms with Gasteiger partial charge >= 0.3 is 0 Å². The first kappa shape index (κ1) is 7.02. The zero-order valence-electron chi connectivity index (χ0n) is 6.85. The number of nitrogens with zero attached hydrogens (tertiary/aromatic N) is 4. The number of rotatable bonds is 1. The fraction of sp³-hybridized carbons (Fsp3) is 0.286. The van der Waals surface area contributed by atoms with Crippen LogP contribution in [0.25, 0.3) is 10.9 Å². The van der Waals surface area contributed by atoms with Crippen molar-refractivity contribution in [3.05, 3.63) is 12.4 Å². The third kappa shape index (κ3) is 0.827. The molecule has 5 heteroatoms. The van der Waals surface area contributed by atoms with Crippen LogP contribution in [0.15, 0.2) is 12.4 Å². The van der Waals surface area contributed by atoms with E-state index in [9.17, 15) is 0 Å². The van der Waals surface area contributed by atoms with Crippen LogP contribution in [-0.4, -0.2) is 27.1 Å². The largest absolute Gasteiger partial charge is 0.479 e. The molecule has 0 aliphatic rings. The first-order valence-electron chi connectivity index (χ1n) is 3.50. The van der Waals surface area contributed by atoms with E-state index in [1.165, 1.54) is 0 Å². The van der Waals surface area contributed by atoms with E-state index in [1.54, 1.807) is 24.2 Å². The molecule has 2 rings (SSSR count). The third-order valence-electron chi connectivity index (χ3n) is 1.74. The molecule has 2 aromatic rings. The average molecular weight is 164 g/mol. The maximum absolute atomic E-state index is 5.01. The van der Waals surface area contributed by atoms with Crippen molar-refractivity contribution in [1.82, 2.24) is 20.0 Å². The SMILES string of the molecule is COc1nncc2c1cnn2C. The van der Waals surface area contributed by atoms with Gasteiger partial charge in [0, 0.05) is 7.05 Å². The van der Waals surface area contributed by atoms with Crippen LogP contribution in [0.4, 0.5) is 0 Å². The lowest BCUT2D eigenvalue weighted by Gasteiger charge is -1.97. The zero-order chi connectivity index (χ0) is 8.55. The van der Waals surface area contributed by atoms with Gasteiger partial charge in [0.2, 0.25) is 5.88 Å². The second-order valence-corrected chi connectivity index (χ2v) is 2.42. The summed E-state index contributed by atoms with van der Waals surface area (Å²) in [6.07, 6.45) is 3.37. The molecule has 2 aromatic heterocycles. The quantitative estimate of drug-likeness (QED) is 0.611. The number of hydrogen-bond donors (Lipinski definition) is 0. The van der Waals surface area contributed by atoms with Crippen molar-refractivity contribution >= 4 is 10.9 Å². The molecule has 0 atom stereocenters. The topological polar surface area (TPSA) is 52.8 Å². The predicted molar refractivity (Wildman–Crippen MR) is 42.9 cm³/mol. The van der Waals surface area contributed by atoms with E-state index in [4.69, 9.17) is 4.74 Å². The van der Waals surface area contributed by atoms with Crippen LogP contribution in [0.5, 0.6) is 5.88 Å². The average Bonchev–Trinajstić information content (AvgIpc) is 2.48. The lowest BCUT2D eigenvalue weighted by atomic mass is 10.4. The molecular formula is C7H8N4O. The van der Waals surface area contributed by atoms with Crippen LogP contribution >= 0.6 is 0 Å². The minimum absolute atomic E-state index is 0.514. The number of aryl methyl sites for hydroxylation is 1. The molecule has 0 radical (unpaired) electrons. The van der Waals surface area contributed by atoms with E-state index in [-0.39, 0.29) is 0 Å². The third-order valence-corrected chi connectivity index (χ3v) is 1.74. The van der Waals surface area contributed by atoms with Gasteiger partial charge in [-0.3, -0.25) is 4.68 Å². The van der Waals surface area contributed by atoms with E-state index in [0.29, 0.717) is 5.88 Å². The molecule has 0 spiro atoms. The summed E-state index contributed by atoms with van der Waals surface area (Å²) in [6.45, 7) is 0.